The highest BCUT2D eigenvalue weighted by molar-refractivity contribution is 5.96. The topological polar surface area (TPSA) is 106 Å². The van der Waals surface area contributed by atoms with Crippen LogP contribution in [0.25, 0.3) is 0 Å². The Morgan fingerprint density at radius 3 is 2.67 bits per heavy atom. The fourth-order valence-corrected chi connectivity index (χ4v) is 0.899. The summed E-state index contributed by atoms with van der Waals surface area (Å²) in [6.45, 7) is 2.79. The van der Waals surface area contributed by atoms with Crippen molar-refractivity contribution in [2.75, 3.05) is 6.54 Å². The zero-order chi connectivity index (χ0) is 9.14. The van der Waals surface area contributed by atoms with Crippen LogP contribution in [-0.4, -0.2) is 17.4 Å². The van der Waals surface area contributed by atoms with Crippen LogP contribution in [0.5, 0.6) is 0 Å². The highest BCUT2D eigenvalue weighted by atomic mass is 15.7. The Labute approximate surface area is 71.0 Å². The maximum Gasteiger partial charge on any atom is 0.172 e. The van der Waals surface area contributed by atoms with Crippen LogP contribution in [0.3, 0.4) is 0 Å². The van der Waals surface area contributed by atoms with E-state index in [0.29, 0.717) is 11.5 Å². The van der Waals surface area contributed by atoms with E-state index in [9.17, 15) is 0 Å². The Morgan fingerprint density at radius 1 is 1.42 bits per heavy atom. The Kier molecular flexibility index (Phi) is 2.27. The van der Waals surface area contributed by atoms with Crippen LogP contribution in [0, 0.1) is 0 Å². The number of nitrogens with one attached hydrogen (secondary N) is 1. The van der Waals surface area contributed by atoms with Gasteiger partial charge in [-0.2, -0.15) is 0 Å². The number of nitrogens with zero attached hydrogens (tertiary/aromatic N) is 2. The Bertz CT molecular complexity index is 230. The highest BCUT2D eigenvalue weighted by Gasteiger charge is 2.15. The molecule has 0 aromatic heterocycles. The molecule has 6 nitrogen and oxygen atoms in total. The van der Waals surface area contributed by atoms with Gasteiger partial charge < -0.3 is 17.2 Å². The summed E-state index contributed by atoms with van der Waals surface area (Å²) < 4.78 is 0. The zero-order valence-electron chi connectivity index (χ0n) is 7.04. The minimum absolute atomic E-state index is 0.236. The summed E-state index contributed by atoms with van der Waals surface area (Å²) >= 11 is 0. The lowest BCUT2D eigenvalue weighted by atomic mass is 10.3. The van der Waals surface area contributed by atoms with Gasteiger partial charge in [-0.3, -0.25) is 5.01 Å². The van der Waals surface area contributed by atoms with Gasteiger partial charge in [0, 0.05) is 6.54 Å². The van der Waals surface area contributed by atoms with Crippen molar-refractivity contribution in [3.8, 4) is 0 Å². The number of hydrogen-bond donors (Lipinski definition) is 4. The van der Waals surface area contributed by atoms with Gasteiger partial charge in [-0.05, 0) is 6.42 Å². The van der Waals surface area contributed by atoms with E-state index in [0.717, 1.165) is 13.0 Å². The third-order valence-electron chi connectivity index (χ3n) is 1.58. The molecule has 0 saturated heterocycles. The standard InChI is InChI=1S/C6H14N6/c1-2-3-12-6(9)4(7)5(8)10-11-12/h11H,2-3,7,9H2,1H3,(H2,8,10). The first kappa shape index (κ1) is 8.51. The molecule has 7 N–H and O–H groups in total. The lowest BCUT2D eigenvalue weighted by Gasteiger charge is -2.27. The van der Waals surface area contributed by atoms with E-state index in [4.69, 9.17) is 17.2 Å². The molecule has 12 heavy (non-hydrogen) atoms. The number of nitrogens with two attached hydrogens (primary N) is 3. The molecule has 0 aromatic rings. The summed E-state index contributed by atoms with van der Waals surface area (Å²) in [4.78, 5) is 0. The van der Waals surface area contributed by atoms with Crippen molar-refractivity contribution >= 4 is 5.84 Å². The highest BCUT2D eigenvalue weighted by Crippen LogP contribution is 2.03. The number of hydrogen-bond acceptors (Lipinski definition) is 6. The molecular weight excluding hydrogens is 156 g/mol. The fourth-order valence-electron chi connectivity index (χ4n) is 0.899. The second-order valence-corrected chi connectivity index (χ2v) is 2.55. The maximum atomic E-state index is 5.66. The number of hydrazone groups is 1. The summed E-state index contributed by atoms with van der Waals surface area (Å²) in [6, 6.07) is 0. The van der Waals surface area contributed by atoms with E-state index in [2.05, 4.69) is 10.6 Å². The predicted octanol–water partition coefficient (Wildman–Crippen LogP) is -1.42. The average Bonchev–Trinajstić information content (AvgIpc) is 2.07. The fraction of sp³-hybridized carbons (Fsp3) is 0.500. The summed E-state index contributed by atoms with van der Waals surface area (Å²) in [7, 11) is 0. The Balaban J connectivity index is 2.76. The van der Waals surface area contributed by atoms with E-state index in [1.165, 1.54) is 0 Å². The second-order valence-electron chi connectivity index (χ2n) is 2.55. The summed E-state index contributed by atoms with van der Waals surface area (Å²) in [5.41, 5.74) is 19.7. The Morgan fingerprint density at radius 2 is 2.08 bits per heavy atom. The number of amidine groups is 1. The molecule has 0 unspecified atom stereocenters. The van der Waals surface area contributed by atoms with Crippen LogP contribution in [-0.2, 0) is 0 Å². The quantitative estimate of drug-likeness (QED) is 0.407. The monoisotopic (exact) mass is 170 g/mol. The van der Waals surface area contributed by atoms with Gasteiger partial charge in [-0.15, -0.1) is 5.10 Å². The first-order valence-corrected chi connectivity index (χ1v) is 3.78. The molecule has 0 radical (unpaired) electrons. The largest absolute Gasteiger partial charge is 0.393 e. The number of rotatable bonds is 2. The van der Waals surface area contributed by atoms with Gasteiger partial charge in [0.05, 0.1) is 0 Å². The third kappa shape index (κ3) is 1.36. The lowest BCUT2D eigenvalue weighted by molar-refractivity contribution is 0.241. The van der Waals surface area contributed by atoms with Crippen LogP contribution in [0.1, 0.15) is 13.3 Å². The van der Waals surface area contributed by atoms with Gasteiger partial charge in [-0.1, -0.05) is 6.92 Å². The molecule has 0 bridgehead atoms. The van der Waals surface area contributed by atoms with E-state index >= 15 is 0 Å². The molecule has 1 aliphatic heterocycles. The summed E-state index contributed by atoms with van der Waals surface area (Å²) in [5.74, 6) is 0.671. The molecule has 0 aromatic carbocycles. The molecule has 1 heterocycles. The first-order chi connectivity index (χ1) is 5.66. The molecule has 0 fully saturated rings. The molecule has 68 valence electrons. The zero-order valence-corrected chi connectivity index (χ0v) is 7.04. The van der Waals surface area contributed by atoms with Crippen molar-refractivity contribution in [3.63, 3.8) is 0 Å². The Hall–Kier alpha value is -1.59. The van der Waals surface area contributed by atoms with Crippen LogP contribution in [0.2, 0.25) is 0 Å². The molecule has 0 spiro atoms. The van der Waals surface area contributed by atoms with Crippen molar-refractivity contribution < 1.29 is 0 Å². The summed E-state index contributed by atoms with van der Waals surface area (Å²) in [5, 5.41) is 5.43. The predicted molar refractivity (Wildman–Crippen MR) is 47.2 cm³/mol. The van der Waals surface area contributed by atoms with Crippen LogP contribution >= 0.6 is 0 Å². The molecule has 1 rings (SSSR count). The van der Waals surface area contributed by atoms with Crippen LogP contribution in [0.15, 0.2) is 16.6 Å². The van der Waals surface area contributed by atoms with Gasteiger partial charge in [0.2, 0.25) is 0 Å². The van der Waals surface area contributed by atoms with Crippen molar-refractivity contribution in [2.24, 2.45) is 22.3 Å². The van der Waals surface area contributed by atoms with Crippen molar-refractivity contribution in [1.82, 2.24) is 10.5 Å². The normalized spacial score (nSPS) is 17.4. The van der Waals surface area contributed by atoms with Crippen LogP contribution in [0.4, 0.5) is 0 Å². The van der Waals surface area contributed by atoms with E-state index in [1.54, 1.807) is 5.01 Å². The SMILES string of the molecule is CCCN1NN=C(N)C(N)=C1N. The third-order valence-corrected chi connectivity index (χ3v) is 1.58. The van der Waals surface area contributed by atoms with Gasteiger partial charge in [-0.25, -0.2) is 5.53 Å². The number of hydrazine groups is 1. The summed E-state index contributed by atoms with van der Waals surface area (Å²) in [6.07, 6.45) is 0.955. The molecular formula is C6H14N6. The van der Waals surface area contributed by atoms with Gasteiger partial charge in [0.25, 0.3) is 0 Å². The van der Waals surface area contributed by atoms with E-state index < -0.39 is 0 Å². The van der Waals surface area contributed by atoms with Gasteiger partial charge >= 0.3 is 0 Å². The van der Waals surface area contributed by atoms with Crippen LogP contribution < -0.4 is 22.7 Å². The molecule has 1 aliphatic rings. The maximum absolute atomic E-state index is 5.66. The van der Waals surface area contributed by atoms with Crippen molar-refractivity contribution in [3.05, 3.63) is 11.5 Å². The van der Waals surface area contributed by atoms with Gasteiger partial charge in [0.1, 0.15) is 11.5 Å². The molecule has 6 heteroatoms. The van der Waals surface area contributed by atoms with E-state index in [1.807, 2.05) is 6.92 Å². The minimum Gasteiger partial charge on any atom is -0.393 e. The molecule has 0 atom stereocenters. The minimum atomic E-state index is 0.236. The average molecular weight is 170 g/mol. The smallest absolute Gasteiger partial charge is 0.172 e. The second kappa shape index (κ2) is 3.21. The van der Waals surface area contributed by atoms with Crippen molar-refractivity contribution in [2.45, 2.75) is 13.3 Å². The van der Waals surface area contributed by atoms with E-state index in [-0.39, 0.29) is 5.84 Å². The molecule has 0 saturated carbocycles. The molecule has 0 aliphatic carbocycles. The van der Waals surface area contributed by atoms with Crippen molar-refractivity contribution in [1.29, 1.82) is 0 Å². The van der Waals surface area contributed by atoms with Gasteiger partial charge in [0.15, 0.2) is 5.84 Å². The first-order valence-electron chi connectivity index (χ1n) is 3.78. The lowest BCUT2D eigenvalue weighted by Crippen LogP contribution is -2.46. The molecule has 0 amide bonds.